The number of hydrogen-bond acceptors (Lipinski definition) is 4. The molecule has 0 saturated heterocycles. The Bertz CT molecular complexity index is 406. The number of hydrogen-bond donors (Lipinski definition) is 1. The molecule has 18 heavy (non-hydrogen) atoms. The number of benzene rings is 1. The maximum absolute atomic E-state index is 12.1. The largest absolute Gasteiger partial charge is 0.394 e. The fourth-order valence-electron chi connectivity index (χ4n) is 1.47. The molecule has 1 aromatic carbocycles. The molecule has 1 amide bonds. The van der Waals surface area contributed by atoms with Gasteiger partial charge in [0.25, 0.3) is 5.91 Å². The third-order valence-corrected chi connectivity index (χ3v) is 2.47. The minimum atomic E-state index is -0.217. The molecule has 0 aromatic heterocycles. The highest BCUT2D eigenvalue weighted by Crippen LogP contribution is 2.08. The third kappa shape index (κ3) is 3.94. The van der Waals surface area contributed by atoms with Crippen LogP contribution in [0.25, 0.3) is 0 Å². The van der Waals surface area contributed by atoms with Crippen LogP contribution in [0.2, 0.25) is 0 Å². The number of nitrogens with zero attached hydrogens (tertiary/aromatic N) is 1. The monoisotopic (exact) mass is 251 g/mol. The lowest BCUT2D eigenvalue weighted by molar-refractivity contribution is 0.0617. The number of aliphatic hydroxyl groups is 1. The fraction of sp³-hybridized carbons (Fsp3) is 0.385. The molecule has 5 heteroatoms. The van der Waals surface area contributed by atoms with E-state index in [1.54, 1.807) is 31.3 Å². The van der Waals surface area contributed by atoms with Crippen LogP contribution in [0, 0.1) is 0 Å². The second-order valence-corrected chi connectivity index (χ2v) is 3.77. The zero-order chi connectivity index (χ0) is 13.4. The Hall–Kier alpha value is -1.72. The fourth-order valence-corrected chi connectivity index (χ4v) is 1.47. The minimum absolute atomic E-state index is 0.0361. The zero-order valence-corrected chi connectivity index (χ0v) is 10.3. The van der Waals surface area contributed by atoms with E-state index in [0.717, 1.165) is 0 Å². The van der Waals surface area contributed by atoms with E-state index >= 15 is 0 Å². The van der Waals surface area contributed by atoms with Gasteiger partial charge in [-0.1, -0.05) is 18.2 Å². The molecular formula is C13H17NO4. The second kappa shape index (κ2) is 7.58. The van der Waals surface area contributed by atoms with Crippen molar-refractivity contribution < 1.29 is 19.4 Å². The van der Waals surface area contributed by atoms with E-state index in [2.05, 4.69) is 0 Å². The van der Waals surface area contributed by atoms with Gasteiger partial charge < -0.3 is 14.7 Å². The number of aldehydes is 1. The summed E-state index contributed by atoms with van der Waals surface area (Å²) in [5, 5.41) is 8.54. The summed E-state index contributed by atoms with van der Waals surface area (Å²) in [7, 11) is 1.65. The van der Waals surface area contributed by atoms with E-state index in [-0.39, 0.29) is 19.1 Å². The van der Waals surface area contributed by atoms with Crippen molar-refractivity contribution in [2.75, 3.05) is 33.4 Å². The number of carbonyl (C=O) groups is 2. The summed E-state index contributed by atoms with van der Waals surface area (Å²) >= 11 is 0. The highest BCUT2D eigenvalue weighted by atomic mass is 16.5. The van der Waals surface area contributed by atoms with E-state index < -0.39 is 0 Å². The Morgan fingerprint density at radius 2 is 2.11 bits per heavy atom. The lowest BCUT2D eigenvalue weighted by atomic mass is 10.1. The summed E-state index contributed by atoms with van der Waals surface area (Å²) in [6.07, 6.45) is 0.670. The van der Waals surface area contributed by atoms with Gasteiger partial charge in [-0.25, -0.2) is 0 Å². The van der Waals surface area contributed by atoms with Gasteiger partial charge in [0.2, 0.25) is 0 Å². The molecule has 0 bridgehead atoms. The van der Waals surface area contributed by atoms with Gasteiger partial charge in [-0.15, -0.1) is 0 Å². The Labute approximate surface area is 106 Å². The molecule has 0 aliphatic carbocycles. The normalized spacial score (nSPS) is 10.1. The van der Waals surface area contributed by atoms with Gasteiger partial charge in [0.15, 0.2) is 6.29 Å². The average Bonchev–Trinajstić information content (AvgIpc) is 2.42. The molecule has 1 aromatic rings. The first-order valence-electron chi connectivity index (χ1n) is 5.69. The van der Waals surface area contributed by atoms with Gasteiger partial charge in [-0.05, 0) is 6.07 Å². The summed E-state index contributed by atoms with van der Waals surface area (Å²) in [6, 6.07) is 6.66. The number of carbonyl (C=O) groups excluding carboxylic acids is 2. The second-order valence-electron chi connectivity index (χ2n) is 3.77. The van der Waals surface area contributed by atoms with Crippen molar-refractivity contribution in [2.45, 2.75) is 0 Å². The van der Waals surface area contributed by atoms with E-state index in [1.807, 2.05) is 0 Å². The molecule has 1 rings (SSSR count). The van der Waals surface area contributed by atoms with E-state index in [1.165, 1.54) is 4.90 Å². The van der Waals surface area contributed by atoms with Crippen LogP contribution in [0.4, 0.5) is 0 Å². The molecule has 5 nitrogen and oxygen atoms in total. The topological polar surface area (TPSA) is 66.8 Å². The van der Waals surface area contributed by atoms with Gasteiger partial charge in [-0.2, -0.15) is 0 Å². The van der Waals surface area contributed by atoms with Crippen LogP contribution in [0.15, 0.2) is 24.3 Å². The summed E-state index contributed by atoms with van der Waals surface area (Å²) in [5.41, 5.74) is 0.766. The molecule has 0 spiro atoms. The van der Waals surface area contributed by atoms with Crippen LogP contribution in [0.5, 0.6) is 0 Å². The molecule has 0 saturated carbocycles. The first-order chi connectivity index (χ1) is 8.70. The van der Waals surface area contributed by atoms with Gasteiger partial charge in [0, 0.05) is 19.2 Å². The van der Waals surface area contributed by atoms with Crippen molar-refractivity contribution in [2.24, 2.45) is 0 Å². The highest BCUT2D eigenvalue weighted by Gasteiger charge is 2.14. The Morgan fingerprint density at radius 1 is 1.39 bits per heavy atom. The lowest BCUT2D eigenvalue weighted by Crippen LogP contribution is -2.31. The van der Waals surface area contributed by atoms with Crippen molar-refractivity contribution in [1.82, 2.24) is 4.90 Å². The first-order valence-corrected chi connectivity index (χ1v) is 5.69. The lowest BCUT2D eigenvalue weighted by Gasteiger charge is -2.17. The van der Waals surface area contributed by atoms with Crippen LogP contribution in [0.3, 0.4) is 0 Å². The number of aliphatic hydroxyl groups excluding tert-OH is 1. The Morgan fingerprint density at radius 3 is 2.78 bits per heavy atom. The molecule has 1 N–H and O–H groups in total. The molecule has 0 aliphatic rings. The molecular weight excluding hydrogens is 234 g/mol. The van der Waals surface area contributed by atoms with Crippen molar-refractivity contribution in [1.29, 1.82) is 0 Å². The Balaban J connectivity index is 2.60. The quantitative estimate of drug-likeness (QED) is 0.568. The Kier molecular flexibility index (Phi) is 6.04. The maximum atomic E-state index is 12.1. The summed E-state index contributed by atoms with van der Waals surface area (Å²) in [4.78, 5) is 24.4. The van der Waals surface area contributed by atoms with Crippen LogP contribution >= 0.6 is 0 Å². The van der Waals surface area contributed by atoms with E-state index in [0.29, 0.717) is 30.6 Å². The zero-order valence-electron chi connectivity index (χ0n) is 10.3. The SMILES string of the molecule is CN(CCOCCO)C(=O)c1ccccc1C=O. The van der Waals surface area contributed by atoms with Crippen molar-refractivity contribution in [3.8, 4) is 0 Å². The number of likely N-dealkylation sites (N-methyl/N-ethyl adjacent to an activating group) is 1. The number of rotatable bonds is 7. The molecule has 0 radical (unpaired) electrons. The minimum Gasteiger partial charge on any atom is -0.394 e. The first kappa shape index (κ1) is 14.3. The third-order valence-electron chi connectivity index (χ3n) is 2.47. The molecule has 0 fully saturated rings. The van der Waals surface area contributed by atoms with Gasteiger partial charge in [0.1, 0.15) is 0 Å². The molecule has 0 aliphatic heterocycles. The molecule has 0 atom stereocenters. The maximum Gasteiger partial charge on any atom is 0.254 e. The molecule has 0 unspecified atom stereocenters. The van der Waals surface area contributed by atoms with E-state index in [9.17, 15) is 9.59 Å². The molecule has 98 valence electrons. The number of amides is 1. The van der Waals surface area contributed by atoms with Crippen LogP contribution in [0.1, 0.15) is 20.7 Å². The summed E-state index contributed by atoms with van der Waals surface area (Å²) in [6.45, 7) is 0.983. The summed E-state index contributed by atoms with van der Waals surface area (Å²) < 4.78 is 5.08. The van der Waals surface area contributed by atoms with Gasteiger partial charge >= 0.3 is 0 Å². The predicted molar refractivity (Wildman–Crippen MR) is 66.7 cm³/mol. The van der Waals surface area contributed by atoms with Crippen LogP contribution in [-0.4, -0.2) is 55.6 Å². The van der Waals surface area contributed by atoms with Crippen LogP contribution < -0.4 is 0 Å². The van der Waals surface area contributed by atoms with Crippen molar-refractivity contribution >= 4 is 12.2 Å². The van der Waals surface area contributed by atoms with Gasteiger partial charge in [-0.3, -0.25) is 9.59 Å². The van der Waals surface area contributed by atoms with Crippen LogP contribution in [-0.2, 0) is 4.74 Å². The average molecular weight is 251 g/mol. The van der Waals surface area contributed by atoms with E-state index in [4.69, 9.17) is 9.84 Å². The smallest absolute Gasteiger partial charge is 0.254 e. The predicted octanol–water partition coefficient (Wildman–Crippen LogP) is 0.580. The van der Waals surface area contributed by atoms with Crippen molar-refractivity contribution in [3.63, 3.8) is 0 Å². The molecule has 0 heterocycles. The van der Waals surface area contributed by atoms with Crippen molar-refractivity contribution in [3.05, 3.63) is 35.4 Å². The highest BCUT2D eigenvalue weighted by molar-refractivity contribution is 6.01. The van der Waals surface area contributed by atoms with Gasteiger partial charge in [0.05, 0.1) is 25.4 Å². The standard InChI is InChI=1S/C13H17NO4/c1-14(6-8-18-9-7-15)13(17)12-5-3-2-4-11(12)10-16/h2-5,10,15H,6-9H2,1H3. The number of ether oxygens (including phenoxy) is 1. The summed E-state index contributed by atoms with van der Waals surface area (Å²) in [5.74, 6) is -0.217.